The normalized spacial score (nSPS) is 16.2. The summed E-state index contributed by atoms with van der Waals surface area (Å²) in [5.41, 5.74) is 4.11. The van der Waals surface area contributed by atoms with Crippen molar-refractivity contribution in [3.05, 3.63) is 65.4 Å². The molecule has 0 radical (unpaired) electrons. The van der Waals surface area contributed by atoms with Gasteiger partial charge in [-0.1, -0.05) is 45.9 Å². The lowest BCUT2D eigenvalue weighted by Gasteiger charge is -2.23. The van der Waals surface area contributed by atoms with E-state index in [4.69, 9.17) is 4.74 Å². The summed E-state index contributed by atoms with van der Waals surface area (Å²) in [7, 11) is 1.66. The Morgan fingerprint density at radius 2 is 1.81 bits per heavy atom. The summed E-state index contributed by atoms with van der Waals surface area (Å²) in [6.45, 7) is 9.20. The Kier molecular flexibility index (Phi) is 5.93. The number of Topliss-reactive ketones (excluding diaryl/α,β-unsaturated/α-hetero) is 1. The van der Waals surface area contributed by atoms with Crippen molar-refractivity contribution in [1.82, 2.24) is 4.57 Å². The number of aromatic nitrogens is 1. The van der Waals surface area contributed by atoms with E-state index in [-0.39, 0.29) is 16.9 Å². The molecule has 0 spiro atoms. The zero-order valence-electron chi connectivity index (χ0n) is 19.9. The minimum atomic E-state index is -0.368. The highest BCUT2D eigenvalue weighted by atomic mass is 16.5. The van der Waals surface area contributed by atoms with Crippen molar-refractivity contribution < 1.29 is 14.6 Å². The highest BCUT2D eigenvalue weighted by molar-refractivity contribution is 5.95. The average molecular weight is 434 g/mol. The SMILES string of the molecule is CC[C@H](O)Cn1c(C(C)(C)C)cc2cc(CC(=O)C3(c4ccc(OC)cc4)CC3)ccc21. The van der Waals surface area contributed by atoms with Gasteiger partial charge in [0.15, 0.2) is 0 Å². The van der Waals surface area contributed by atoms with Crippen LogP contribution in [-0.4, -0.2) is 28.7 Å². The summed E-state index contributed by atoms with van der Waals surface area (Å²) in [6, 6.07) is 16.5. The van der Waals surface area contributed by atoms with Gasteiger partial charge in [-0.05, 0) is 60.7 Å². The van der Waals surface area contributed by atoms with Gasteiger partial charge in [0.25, 0.3) is 0 Å². The van der Waals surface area contributed by atoms with E-state index >= 15 is 0 Å². The van der Waals surface area contributed by atoms with Crippen LogP contribution < -0.4 is 4.74 Å². The van der Waals surface area contributed by atoms with Crippen LogP contribution in [0.5, 0.6) is 5.75 Å². The van der Waals surface area contributed by atoms with Crippen LogP contribution >= 0.6 is 0 Å². The van der Waals surface area contributed by atoms with E-state index in [1.54, 1.807) is 7.11 Å². The first kappa shape index (κ1) is 22.6. The van der Waals surface area contributed by atoms with Crippen LogP contribution in [0.3, 0.4) is 0 Å². The number of ether oxygens (including phenoxy) is 1. The molecular weight excluding hydrogens is 398 g/mol. The van der Waals surface area contributed by atoms with Crippen LogP contribution in [0.1, 0.15) is 63.8 Å². The van der Waals surface area contributed by atoms with Crippen LogP contribution in [0.25, 0.3) is 10.9 Å². The van der Waals surface area contributed by atoms with Gasteiger partial charge in [0, 0.05) is 35.0 Å². The van der Waals surface area contributed by atoms with E-state index in [9.17, 15) is 9.90 Å². The van der Waals surface area contributed by atoms with Crippen molar-refractivity contribution in [1.29, 1.82) is 0 Å². The van der Waals surface area contributed by atoms with E-state index in [0.29, 0.717) is 18.7 Å². The van der Waals surface area contributed by atoms with Crippen LogP contribution in [0.2, 0.25) is 0 Å². The fourth-order valence-electron chi connectivity index (χ4n) is 4.71. The third kappa shape index (κ3) is 4.21. The fraction of sp³-hybridized carbons (Fsp3) is 0.464. The Morgan fingerprint density at radius 3 is 2.38 bits per heavy atom. The summed E-state index contributed by atoms with van der Waals surface area (Å²) >= 11 is 0. The highest BCUT2D eigenvalue weighted by Gasteiger charge is 2.50. The molecule has 1 heterocycles. The van der Waals surface area contributed by atoms with Crippen LogP contribution in [0.4, 0.5) is 0 Å². The molecule has 1 fully saturated rings. The third-order valence-electron chi connectivity index (χ3n) is 6.89. The third-order valence-corrected chi connectivity index (χ3v) is 6.89. The van der Waals surface area contributed by atoms with Crippen molar-refractivity contribution in [3.63, 3.8) is 0 Å². The molecular formula is C28H35NO3. The first-order valence-corrected chi connectivity index (χ1v) is 11.7. The van der Waals surface area contributed by atoms with Gasteiger partial charge in [0.2, 0.25) is 0 Å². The maximum atomic E-state index is 13.3. The molecule has 4 rings (SSSR count). The molecule has 4 heteroatoms. The van der Waals surface area contributed by atoms with E-state index in [1.807, 2.05) is 31.2 Å². The first-order chi connectivity index (χ1) is 15.2. The molecule has 170 valence electrons. The Labute approximate surface area is 191 Å². The van der Waals surface area contributed by atoms with Gasteiger partial charge in [0.1, 0.15) is 11.5 Å². The maximum Gasteiger partial charge on any atom is 0.147 e. The molecule has 1 atom stereocenters. The quantitative estimate of drug-likeness (QED) is 0.506. The highest BCUT2D eigenvalue weighted by Crippen LogP contribution is 2.50. The zero-order valence-corrected chi connectivity index (χ0v) is 19.9. The lowest BCUT2D eigenvalue weighted by molar-refractivity contribution is -0.120. The van der Waals surface area contributed by atoms with E-state index in [1.165, 1.54) is 5.69 Å². The molecule has 1 saturated carbocycles. The van der Waals surface area contributed by atoms with E-state index in [2.05, 4.69) is 49.6 Å². The number of rotatable bonds is 8. The number of benzene rings is 2. The number of nitrogens with zero attached hydrogens (tertiary/aromatic N) is 1. The molecule has 1 aliphatic carbocycles. The maximum absolute atomic E-state index is 13.3. The Hall–Kier alpha value is -2.59. The van der Waals surface area contributed by atoms with Crippen LogP contribution in [0, 0.1) is 0 Å². The van der Waals surface area contributed by atoms with Gasteiger partial charge >= 0.3 is 0 Å². The van der Waals surface area contributed by atoms with Gasteiger partial charge < -0.3 is 14.4 Å². The molecule has 0 aliphatic heterocycles. The molecule has 1 aromatic heterocycles. The number of hydrogen-bond donors (Lipinski definition) is 1. The number of methoxy groups -OCH3 is 1. The van der Waals surface area contributed by atoms with Crippen molar-refractivity contribution in [2.75, 3.05) is 7.11 Å². The lowest BCUT2D eigenvalue weighted by Crippen LogP contribution is -2.23. The smallest absolute Gasteiger partial charge is 0.147 e. The number of carbonyl (C=O) groups excluding carboxylic acids is 1. The number of carbonyl (C=O) groups is 1. The second-order valence-electron chi connectivity index (χ2n) is 10.3. The van der Waals surface area contributed by atoms with Crippen molar-refractivity contribution in [3.8, 4) is 5.75 Å². The average Bonchev–Trinajstić information content (AvgIpc) is 3.50. The minimum Gasteiger partial charge on any atom is -0.497 e. The molecule has 1 N–H and O–H groups in total. The summed E-state index contributed by atoms with van der Waals surface area (Å²) in [5, 5.41) is 11.5. The number of aliphatic hydroxyl groups is 1. The summed E-state index contributed by atoms with van der Waals surface area (Å²) in [4.78, 5) is 13.3. The van der Waals surface area contributed by atoms with Crippen molar-refractivity contribution in [2.24, 2.45) is 0 Å². The van der Waals surface area contributed by atoms with Crippen molar-refractivity contribution >= 4 is 16.7 Å². The van der Waals surface area contributed by atoms with Gasteiger partial charge in [-0.3, -0.25) is 4.79 Å². The Balaban J connectivity index is 1.62. The number of ketones is 1. The van der Waals surface area contributed by atoms with Crippen LogP contribution in [0.15, 0.2) is 48.5 Å². The Morgan fingerprint density at radius 1 is 1.12 bits per heavy atom. The standard InChI is InChI=1S/C28H35NO3/c1-6-22(30)18-29-24-12-7-19(15-20(24)17-25(29)27(2,3)4)16-26(31)28(13-14-28)21-8-10-23(32-5)11-9-21/h7-12,15,17,22,30H,6,13-14,16,18H2,1-5H3/t22-/m0/s1. The number of hydrogen-bond acceptors (Lipinski definition) is 3. The molecule has 0 unspecified atom stereocenters. The largest absolute Gasteiger partial charge is 0.497 e. The van der Waals surface area contributed by atoms with Gasteiger partial charge in [-0.15, -0.1) is 0 Å². The van der Waals surface area contributed by atoms with Crippen LogP contribution in [-0.2, 0) is 28.6 Å². The fourth-order valence-corrected chi connectivity index (χ4v) is 4.71. The predicted molar refractivity (Wildman–Crippen MR) is 130 cm³/mol. The second kappa shape index (κ2) is 8.40. The molecule has 4 nitrogen and oxygen atoms in total. The van der Waals surface area contributed by atoms with Crippen molar-refractivity contribution in [2.45, 2.75) is 76.9 Å². The topological polar surface area (TPSA) is 51.5 Å². The zero-order chi connectivity index (χ0) is 23.1. The van der Waals surface area contributed by atoms with Gasteiger partial charge in [-0.2, -0.15) is 0 Å². The predicted octanol–water partition coefficient (Wildman–Crippen LogP) is 5.56. The van der Waals surface area contributed by atoms with E-state index < -0.39 is 0 Å². The molecule has 2 aromatic carbocycles. The van der Waals surface area contributed by atoms with Gasteiger partial charge in [-0.25, -0.2) is 0 Å². The van der Waals surface area contributed by atoms with E-state index in [0.717, 1.165) is 47.0 Å². The molecule has 0 bridgehead atoms. The molecule has 0 saturated heterocycles. The molecule has 32 heavy (non-hydrogen) atoms. The van der Waals surface area contributed by atoms with Gasteiger partial charge in [0.05, 0.1) is 18.6 Å². The summed E-state index contributed by atoms with van der Waals surface area (Å²) in [6.07, 6.45) is 2.63. The first-order valence-electron chi connectivity index (χ1n) is 11.7. The molecule has 1 aliphatic rings. The molecule has 3 aromatic rings. The number of aliphatic hydroxyl groups excluding tert-OH is 1. The minimum absolute atomic E-state index is 0.0328. The summed E-state index contributed by atoms with van der Waals surface area (Å²) in [5.74, 6) is 1.11. The monoisotopic (exact) mass is 433 g/mol. The summed E-state index contributed by atoms with van der Waals surface area (Å²) < 4.78 is 7.51. The molecule has 0 amide bonds. The second-order valence-corrected chi connectivity index (χ2v) is 10.3. The number of fused-ring (bicyclic) bond motifs is 1. The lowest BCUT2D eigenvalue weighted by atomic mass is 9.87. The Bertz CT molecular complexity index is 1110.